The summed E-state index contributed by atoms with van der Waals surface area (Å²) in [6.45, 7) is 1.38. The molecular weight excluding hydrogens is 806 g/mol. The highest BCUT2D eigenvalue weighted by Gasteiger charge is 2.28. The minimum absolute atomic E-state index is 0.0663. The molecule has 0 rings (SSSR count). The molecule has 342 valence electrons. The van der Waals surface area contributed by atoms with Crippen LogP contribution in [0.25, 0.3) is 0 Å². The fourth-order valence-corrected chi connectivity index (χ4v) is 6.40. The number of aliphatic hydroxyl groups is 3. The molecule has 0 radical (unpaired) electrons. The van der Waals surface area contributed by atoms with Crippen LogP contribution in [0.4, 0.5) is 0 Å². The molecule has 0 heterocycles. The molecule has 0 aliphatic carbocycles. The summed E-state index contributed by atoms with van der Waals surface area (Å²) in [5.74, 6) is -1.29. The summed E-state index contributed by atoms with van der Waals surface area (Å²) in [4.78, 5) is 52.6. The predicted octanol–water partition coefficient (Wildman–Crippen LogP) is 8.39. The summed E-state index contributed by atoms with van der Waals surface area (Å²) in [6, 6.07) is 0. The molecule has 15 nitrogen and oxygen atoms in total. The van der Waals surface area contributed by atoms with Crippen molar-refractivity contribution in [1.82, 2.24) is 0 Å². The highest BCUT2D eigenvalue weighted by Crippen LogP contribution is 2.43. The fraction of sp³-hybridized carbons (Fsp3) is 0.714. The number of phosphoric acid groups is 2. The number of esters is 2. The van der Waals surface area contributed by atoms with Gasteiger partial charge in [-0.05, 0) is 64.2 Å². The van der Waals surface area contributed by atoms with Gasteiger partial charge in [0.2, 0.25) is 0 Å². The van der Waals surface area contributed by atoms with Crippen LogP contribution in [-0.4, -0.2) is 92.8 Å². The number of rotatable bonds is 39. The molecule has 0 aromatic heterocycles. The number of carbonyl (C=O) groups excluding carboxylic acids is 2. The summed E-state index contributed by atoms with van der Waals surface area (Å²) < 4.78 is 47.5. The van der Waals surface area contributed by atoms with Gasteiger partial charge < -0.3 is 39.5 Å². The quantitative estimate of drug-likeness (QED) is 0.0112. The summed E-state index contributed by atoms with van der Waals surface area (Å²) in [5, 5.41) is 30.0. The van der Waals surface area contributed by atoms with Crippen molar-refractivity contribution in [2.45, 2.75) is 167 Å². The maximum absolute atomic E-state index is 12.6. The second kappa shape index (κ2) is 37.5. The summed E-state index contributed by atoms with van der Waals surface area (Å²) >= 11 is 0. The first-order chi connectivity index (χ1) is 28.2. The Morgan fingerprint density at radius 2 is 1.07 bits per heavy atom. The smallest absolute Gasteiger partial charge is 0.462 e. The van der Waals surface area contributed by atoms with E-state index in [4.69, 9.17) is 23.8 Å². The minimum Gasteiger partial charge on any atom is -0.462 e. The molecule has 5 atom stereocenters. The molecule has 0 spiro atoms. The molecular formula is C42H74O15P2. The zero-order valence-electron chi connectivity index (χ0n) is 35.3. The van der Waals surface area contributed by atoms with Gasteiger partial charge in [-0.3, -0.25) is 23.2 Å². The number of ether oxygens (including phenoxy) is 2. The number of carbonyl (C=O) groups is 2. The van der Waals surface area contributed by atoms with Gasteiger partial charge in [0.15, 0.2) is 6.10 Å². The van der Waals surface area contributed by atoms with E-state index in [1.807, 2.05) is 6.08 Å². The Morgan fingerprint density at radius 1 is 0.559 bits per heavy atom. The third-order valence-corrected chi connectivity index (χ3v) is 10.00. The number of hydrogen-bond donors (Lipinski definition) is 6. The van der Waals surface area contributed by atoms with Gasteiger partial charge in [-0.2, -0.15) is 0 Å². The van der Waals surface area contributed by atoms with Crippen LogP contribution in [0.1, 0.15) is 142 Å². The lowest BCUT2D eigenvalue weighted by Crippen LogP contribution is -2.30. The van der Waals surface area contributed by atoms with Crippen molar-refractivity contribution in [3.8, 4) is 0 Å². The Hall–Kier alpha value is -2.26. The lowest BCUT2D eigenvalue weighted by Gasteiger charge is -2.20. The van der Waals surface area contributed by atoms with Gasteiger partial charge in [-0.25, -0.2) is 9.13 Å². The maximum atomic E-state index is 12.6. The van der Waals surface area contributed by atoms with E-state index in [-0.39, 0.29) is 25.7 Å². The first-order valence-corrected chi connectivity index (χ1v) is 24.2. The molecule has 0 bridgehead atoms. The Labute approximate surface area is 352 Å². The monoisotopic (exact) mass is 880 g/mol. The van der Waals surface area contributed by atoms with Gasteiger partial charge in [-0.1, -0.05) is 126 Å². The van der Waals surface area contributed by atoms with Crippen LogP contribution in [0.15, 0.2) is 60.8 Å². The van der Waals surface area contributed by atoms with Crippen molar-refractivity contribution in [3.05, 3.63) is 60.8 Å². The van der Waals surface area contributed by atoms with Gasteiger partial charge >= 0.3 is 27.6 Å². The summed E-state index contributed by atoms with van der Waals surface area (Å²) in [7, 11) is -9.76. The van der Waals surface area contributed by atoms with Crippen molar-refractivity contribution in [1.29, 1.82) is 0 Å². The molecule has 0 aliphatic heterocycles. The molecule has 0 amide bonds. The van der Waals surface area contributed by atoms with E-state index in [2.05, 4.69) is 41.1 Å². The third-order valence-electron chi connectivity index (χ3n) is 8.56. The Morgan fingerprint density at radius 3 is 1.71 bits per heavy atom. The zero-order valence-corrected chi connectivity index (χ0v) is 37.1. The Balaban J connectivity index is 4.80. The normalized spacial score (nSPS) is 15.7. The SMILES string of the molecule is CCCCC/C=C\C[C@@H](O)/C=C/C=C/C=C\[C@@H](O)CCCC(=O)OC[C@H](COP(=O)(O)OC[C@@H](O)COP(=O)(O)O)OC(=O)CCCCCCC/C=C\CCCCCC. The van der Waals surface area contributed by atoms with Crippen LogP contribution in [0.3, 0.4) is 0 Å². The molecule has 0 aromatic rings. The molecule has 59 heavy (non-hydrogen) atoms. The maximum Gasteiger partial charge on any atom is 0.472 e. The van der Waals surface area contributed by atoms with Crippen molar-refractivity contribution >= 4 is 27.6 Å². The van der Waals surface area contributed by atoms with E-state index < -0.39 is 78.4 Å². The molecule has 6 N–H and O–H groups in total. The highest BCUT2D eigenvalue weighted by molar-refractivity contribution is 7.47. The van der Waals surface area contributed by atoms with E-state index in [0.29, 0.717) is 12.8 Å². The average molecular weight is 881 g/mol. The first-order valence-electron chi connectivity index (χ1n) is 21.2. The van der Waals surface area contributed by atoms with Gasteiger partial charge in [0.25, 0.3) is 0 Å². The number of phosphoric ester groups is 2. The van der Waals surface area contributed by atoms with E-state index in [1.54, 1.807) is 36.5 Å². The van der Waals surface area contributed by atoms with Crippen molar-refractivity contribution in [2.24, 2.45) is 0 Å². The molecule has 0 aromatic carbocycles. The molecule has 0 fully saturated rings. The van der Waals surface area contributed by atoms with Crippen molar-refractivity contribution < 1.29 is 71.8 Å². The standard InChI is InChI=1S/C42H74O15P2/c1-3-5-7-9-11-12-13-14-15-16-17-19-25-31-42(47)57-40(36-56-59(51,52)55-34-39(45)33-54-58(48,49)50)35-53-41(46)32-26-30-38(44)29-24-21-20-23-28-37(43)27-22-18-10-8-6-4-2/h12-13,18,20-24,28-29,37-40,43-45H,3-11,14-17,19,25-27,30-36H2,1-2H3,(H,51,52)(H2,48,49,50)/b13-12-,21-20+,22-18-,28-23+,29-24-/t37-,38-,39+,40-/m1/s1. The van der Waals surface area contributed by atoms with E-state index in [0.717, 1.165) is 51.4 Å². The second-order valence-electron chi connectivity index (χ2n) is 14.3. The van der Waals surface area contributed by atoms with E-state index in [1.165, 1.54) is 38.5 Å². The molecule has 1 unspecified atom stereocenters. The first kappa shape index (κ1) is 56.7. The van der Waals surface area contributed by atoms with Crippen molar-refractivity contribution in [2.75, 3.05) is 26.4 Å². The van der Waals surface area contributed by atoms with E-state index >= 15 is 0 Å². The minimum atomic E-state index is -4.89. The van der Waals surface area contributed by atoms with Crippen LogP contribution >= 0.6 is 15.6 Å². The molecule has 0 saturated heterocycles. The summed E-state index contributed by atoms with van der Waals surface area (Å²) in [6.07, 6.45) is 31.3. The van der Waals surface area contributed by atoms with Crippen LogP contribution in [-0.2, 0) is 41.8 Å². The number of aliphatic hydroxyl groups excluding tert-OH is 3. The van der Waals surface area contributed by atoms with Gasteiger partial charge in [0.1, 0.15) is 12.7 Å². The number of unbranched alkanes of at least 4 members (excludes halogenated alkanes) is 12. The van der Waals surface area contributed by atoms with Crippen LogP contribution < -0.4 is 0 Å². The molecule has 0 saturated carbocycles. The van der Waals surface area contributed by atoms with E-state index in [9.17, 15) is 38.9 Å². The lowest BCUT2D eigenvalue weighted by atomic mass is 10.1. The van der Waals surface area contributed by atoms with Crippen LogP contribution in [0, 0.1) is 0 Å². The molecule has 17 heteroatoms. The van der Waals surface area contributed by atoms with Crippen LogP contribution in [0.5, 0.6) is 0 Å². The van der Waals surface area contributed by atoms with Gasteiger partial charge in [-0.15, -0.1) is 0 Å². The Kier molecular flexibility index (Phi) is 36.1. The third kappa shape index (κ3) is 40.9. The topological polar surface area (TPSA) is 236 Å². The Bertz CT molecular complexity index is 1310. The highest BCUT2D eigenvalue weighted by atomic mass is 31.2. The van der Waals surface area contributed by atoms with Gasteiger partial charge in [0, 0.05) is 12.8 Å². The predicted molar refractivity (Wildman–Crippen MR) is 228 cm³/mol. The number of hydrogen-bond acceptors (Lipinski definition) is 12. The second-order valence-corrected chi connectivity index (χ2v) is 17.0. The zero-order chi connectivity index (χ0) is 44.0. The van der Waals surface area contributed by atoms with Gasteiger partial charge in [0.05, 0.1) is 32.0 Å². The average Bonchev–Trinajstić information content (AvgIpc) is 3.18. The van der Waals surface area contributed by atoms with Crippen molar-refractivity contribution in [3.63, 3.8) is 0 Å². The lowest BCUT2D eigenvalue weighted by molar-refractivity contribution is -0.161. The summed E-state index contributed by atoms with van der Waals surface area (Å²) in [5.41, 5.74) is 0. The van der Waals surface area contributed by atoms with Crippen LogP contribution in [0.2, 0.25) is 0 Å². The fourth-order valence-electron chi connectivity index (χ4n) is 5.24. The molecule has 0 aliphatic rings. The number of allylic oxidation sites excluding steroid dienone is 7. The largest absolute Gasteiger partial charge is 0.472 e.